The van der Waals surface area contributed by atoms with E-state index >= 15 is 0 Å². The minimum atomic E-state index is 0.0230. The van der Waals surface area contributed by atoms with Crippen LogP contribution >= 0.6 is 15.8 Å². The minimum absolute atomic E-state index is 0.0230. The molecule has 2 saturated heterocycles. The summed E-state index contributed by atoms with van der Waals surface area (Å²) in [4.78, 5) is 0. The van der Waals surface area contributed by atoms with E-state index in [1.165, 1.54) is 44.9 Å². The van der Waals surface area contributed by atoms with Gasteiger partial charge in [-0.25, -0.2) is 0 Å². The van der Waals surface area contributed by atoms with Crippen molar-refractivity contribution in [1.82, 2.24) is 0 Å². The van der Waals surface area contributed by atoms with Gasteiger partial charge in [-0.05, 0) is 67.5 Å². The van der Waals surface area contributed by atoms with Gasteiger partial charge in [0.2, 0.25) is 0 Å². The molecule has 0 aromatic heterocycles. The van der Waals surface area contributed by atoms with Gasteiger partial charge >= 0.3 is 0 Å². The van der Waals surface area contributed by atoms with Crippen LogP contribution in [0.15, 0.2) is 42.0 Å². The zero-order valence-electron chi connectivity index (χ0n) is 15.7. The maximum atomic E-state index is 2.76. The second-order valence-electron chi connectivity index (χ2n) is 7.46. The molecule has 132 valence electrons. The van der Waals surface area contributed by atoms with Crippen molar-refractivity contribution in [3.8, 4) is 0 Å². The predicted molar refractivity (Wildman–Crippen MR) is 113 cm³/mol. The molecule has 0 saturated carbocycles. The average Bonchev–Trinajstić information content (AvgIpc) is 3.23. The van der Waals surface area contributed by atoms with Crippen molar-refractivity contribution in [2.75, 3.05) is 0 Å². The van der Waals surface area contributed by atoms with Gasteiger partial charge in [-0.2, -0.15) is 0 Å². The molecule has 3 rings (SSSR count). The van der Waals surface area contributed by atoms with Crippen molar-refractivity contribution >= 4 is 15.8 Å². The maximum Gasteiger partial charge on any atom is 0.00790 e. The minimum Gasteiger partial charge on any atom is -0.0768 e. The summed E-state index contributed by atoms with van der Waals surface area (Å²) >= 11 is 0. The highest BCUT2D eigenvalue weighted by atomic mass is 31.1. The number of benzene rings is 1. The molecule has 24 heavy (non-hydrogen) atoms. The van der Waals surface area contributed by atoms with Crippen LogP contribution in [0.5, 0.6) is 0 Å². The Balaban J connectivity index is 1.79. The molecule has 0 radical (unpaired) electrons. The first-order valence-corrected chi connectivity index (χ1v) is 13.2. The lowest BCUT2D eigenvalue weighted by molar-refractivity contribution is 0.696. The standard InChI is InChI=1S/C22H34P2/c1-4-19-12-13-20(5-2)23(19)16-17-24-21(6-3)14-15-22(24)18-10-8-7-9-11-18/h7-11,16-17,19-22H,4-6,12-15H2,1-3H3/b17-16-/t19-,20-,21-,22+,24?/m1/s1. The molecule has 0 nitrogen and oxygen atoms in total. The van der Waals surface area contributed by atoms with Gasteiger partial charge in [0.1, 0.15) is 0 Å². The summed E-state index contributed by atoms with van der Waals surface area (Å²) in [5.41, 5.74) is 5.39. The monoisotopic (exact) mass is 360 g/mol. The topological polar surface area (TPSA) is 0 Å². The lowest BCUT2D eigenvalue weighted by atomic mass is 10.1. The molecular formula is C22H34P2. The normalized spacial score (nSPS) is 34.4. The van der Waals surface area contributed by atoms with Gasteiger partial charge in [0.05, 0.1) is 0 Å². The molecule has 2 fully saturated rings. The van der Waals surface area contributed by atoms with Gasteiger partial charge in [-0.15, -0.1) is 0 Å². The van der Waals surface area contributed by atoms with E-state index in [-0.39, 0.29) is 15.8 Å². The second-order valence-corrected chi connectivity index (χ2v) is 12.7. The molecule has 0 spiro atoms. The van der Waals surface area contributed by atoms with E-state index in [9.17, 15) is 0 Å². The quantitative estimate of drug-likeness (QED) is 0.450. The van der Waals surface area contributed by atoms with Crippen LogP contribution in [-0.2, 0) is 0 Å². The summed E-state index contributed by atoms with van der Waals surface area (Å²) in [7, 11) is 0.158. The Hall–Kier alpha value is -0.180. The van der Waals surface area contributed by atoms with Crippen molar-refractivity contribution in [3.05, 3.63) is 47.5 Å². The summed E-state index contributed by atoms with van der Waals surface area (Å²) in [5.74, 6) is 5.52. The molecule has 1 aromatic carbocycles. The third kappa shape index (κ3) is 3.97. The fraction of sp³-hybridized carbons (Fsp3) is 0.636. The largest absolute Gasteiger partial charge is 0.0768 e. The lowest BCUT2D eigenvalue weighted by Gasteiger charge is -2.25. The molecule has 0 bridgehead atoms. The van der Waals surface area contributed by atoms with Crippen molar-refractivity contribution in [2.45, 2.75) is 88.4 Å². The van der Waals surface area contributed by atoms with E-state index in [1.54, 1.807) is 5.56 Å². The Bertz CT molecular complexity index is 512. The molecule has 0 amide bonds. The molecule has 0 aliphatic carbocycles. The van der Waals surface area contributed by atoms with Gasteiger partial charge in [0.15, 0.2) is 0 Å². The molecular weight excluding hydrogens is 326 g/mol. The average molecular weight is 360 g/mol. The van der Waals surface area contributed by atoms with Crippen molar-refractivity contribution in [2.24, 2.45) is 0 Å². The number of hydrogen-bond acceptors (Lipinski definition) is 0. The molecule has 2 heterocycles. The van der Waals surface area contributed by atoms with Crippen LogP contribution < -0.4 is 0 Å². The first-order valence-electron chi connectivity index (χ1n) is 10.1. The summed E-state index contributed by atoms with van der Waals surface area (Å²) in [6.45, 7) is 7.23. The van der Waals surface area contributed by atoms with E-state index in [0.717, 1.165) is 22.6 Å². The Morgan fingerprint density at radius 2 is 1.25 bits per heavy atom. The van der Waals surface area contributed by atoms with Crippen LogP contribution in [0, 0.1) is 0 Å². The second kappa shape index (κ2) is 8.96. The van der Waals surface area contributed by atoms with Crippen LogP contribution in [-0.4, -0.2) is 17.0 Å². The third-order valence-corrected chi connectivity index (χ3v) is 13.1. The molecule has 1 unspecified atom stereocenters. The zero-order valence-corrected chi connectivity index (χ0v) is 17.5. The smallest absolute Gasteiger partial charge is 0.00790 e. The fourth-order valence-electron chi connectivity index (χ4n) is 4.77. The predicted octanol–water partition coefficient (Wildman–Crippen LogP) is 8.09. The molecule has 2 aliphatic heterocycles. The first kappa shape index (κ1) is 18.6. The Labute approximate surface area is 152 Å². The lowest BCUT2D eigenvalue weighted by Crippen LogP contribution is -2.01. The van der Waals surface area contributed by atoms with Crippen molar-refractivity contribution in [1.29, 1.82) is 0 Å². The molecule has 2 heteroatoms. The Morgan fingerprint density at radius 3 is 1.83 bits per heavy atom. The number of rotatable bonds is 6. The van der Waals surface area contributed by atoms with Gasteiger partial charge in [-0.1, -0.05) is 78.6 Å². The van der Waals surface area contributed by atoms with Gasteiger partial charge in [0, 0.05) is 5.66 Å². The summed E-state index contributed by atoms with van der Waals surface area (Å²) in [6, 6.07) is 11.4. The number of hydrogen-bond donors (Lipinski definition) is 0. The van der Waals surface area contributed by atoms with E-state index < -0.39 is 0 Å². The van der Waals surface area contributed by atoms with E-state index in [4.69, 9.17) is 0 Å². The van der Waals surface area contributed by atoms with Crippen LogP contribution in [0.2, 0.25) is 0 Å². The molecule has 1 aromatic rings. The fourth-order valence-corrected chi connectivity index (χ4v) is 11.6. The molecule has 2 aliphatic rings. The zero-order chi connectivity index (χ0) is 16.9. The first-order chi connectivity index (χ1) is 11.8. The molecule has 0 N–H and O–H groups in total. The van der Waals surface area contributed by atoms with Crippen molar-refractivity contribution < 1.29 is 0 Å². The van der Waals surface area contributed by atoms with Crippen LogP contribution in [0.1, 0.15) is 76.9 Å². The van der Waals surface area contributed by atoms with Crippen molar-refractivity contribution in [3.63, 3.8) is 0 Å². The van der Waals surface area contributed by atoms with Gasteiger partial charge < -0.3 is 0 Å². The van der Waals surface area contributed by atoms with E-state index in [2.05, 4.69) is 62.7 Å². The van der Waals surface area contributed by atoms with E-state index in [0.29, 0.717) is 0 Å². The highest BCUT2D eigenvalue weighted by Gasteiger charge is 2.35. The third-order valence-electron chi connectivity index (χ3n) is 6.24. The Kier molecular flexibility index (Phi) is 6.95. The van der Waals surface area contributed by atoms with Gasteiger partial charge in [0.25, 0.3) is 0 Å². The summed E-state index contributed by atoms with van der Waals surface area (Å²) in [6.07, 6.45) is 9.98. The molecule has 5 atom stereocenters. The summed E-state index contributed by atoms with van der Waals surface area (Å²) < 4.78 is 0. The van der Waals surface area contributed by atoms with Crippen LogP contribution in [0.4, 0.5) is 0 Å². The summed E-state index contributed by atoms with van der Waals surface area (Å²) in [5, 5.41) is 0. The maximum absolute atomic E-state index is 2.76. The Morgan fingerprint density at radius 1 is 0.750 bits per heavy atom. The van der Waals surface area contributed by atoms with Crippen LogP contribution in [0.3, 0.4) is 0 Å². The van der Waals surface area contributed by atoms with E-state index in [1.807, 2.05) is 0 Å². The van der Waals surface area contributed by atoms with Gasteiger partial charge in [-0.3, -0.25) is 0 Å². The highest BCUT2D eigenvalue weighted by molar-refractivity contribution is 7.66. The SMILES string of the molecule is CC[C@@H]1CC[C@@H](CC)P1/C=C\P1[C@H](CC)CC[C@H]1c1ccccc1. The van der Waals surface area contributed by atoms with Crippen LogP contribution in [0.25, 0.3) is 0 Å². The highest BCUT2D eigenvalue weighted by Crippen LogP contribution is 2.68.